The molecule has 2 fully saturated rings. The van der Waals surface area contributed by atoms with Gasteiger partial charge in [-0.25, -0.2) is 0 Å². The minimum Gasteiger partial charge on any atom is -0.472 e. The van der Waals surface area contributed by atoms with E-state index in [-0.39, 0.29) is 18.6 Å². The Morgan fingerprint density at radius 1 is 0.824 bits per heavy atom. The van der Waals surface area contributed by atoms with Crippen LogP contribution in [0.2, 0.25) is 0 Å². The minimum absolute atomic E-state index is 0.0534. The summed E-state index contributed by atoms with van der Waals surface area (Å²) in [6.07, 6.45) is -8.14. The number of ether oxygens (including phenoxy) is 5. The van der Waals surface area contributed by atoms with E-state index < -0.39 is 80.0 Å². The summed E-state index contributed by atoms with van der Waals surface area (Å²) in [4.78, 5) is 0. The summed E-state index contributed by atoms with van der Waals surface area (Å²) >= 11 is 0. The van der Waals surface area contributed by atoms with Crippen molar-refractivity contribution in [3.63, 3.8) is 0 Å². The highest BCUT2D eigenvalue weighted by Gasteiger charge is 2.49. The third kappa shape index (κ3) is 4.77. The van der Waals surface area contributed by atoms with Crippen LogP contribution >= 0.6 is 0 Å². The van der Waals surface area contributed by atoms with E-state index in [1.807, 2.05) is 0 Å². The molecule has 0 bridgehead atoms. The van der Waals surface area contributed by atoms with E-state index in [9.17, 15) is 35.7 Å². The second kappa shape index (κ2) is 10.4. The van der Waals surface area contributed by atoms with Gasteiger partial charge in [0.2, 0.25) is 6.29 Å². The quantitative estimate of drug-likeness (QED) is 0.192. The predicted octanol–water partition coefficient (Wildman–Crippen LogP) is -2.67. The topological polar surface area (TPSA) is 188 Å². The first-order valence-corrected chi connectivity index (χ1v) is 11.4. The SMILES string of the molecule is CC1OC(OCC2=COC(OC3OC(CO)C(O)C(O)C3O)C3C=CC(O)C23)C(O)C(O)C1C. The molecule has 12 nitrogen and oxygen atoms in total. The van der Waals surface area contributed by atoms with Crippen molar-refractivity contribution in [1.82, 2.24) is 0 Å². The van der Waals surface area contributed by atoms with Crippen molar-refractivity contribution in [3.05, 3.63) is 24.0 Å². The lowest BCUT2D eigenvalue weighted by molar-refractivity contribution is -0.339. The van der Waals surface area contributed by atoms with Gasteiger partial charge in [-0.2, -0.15) is 0 Å². The molecule has 0 saturated carbocycles. The molecule has 14 unspecified atom stereocenters. The van der Waals surface area contributed by atoms with Crippen molar-refractivity contribution in [2.45, 2.75) is 81.5 Å². The molecule has 12 heteroatoms. The van der Waals surface area contributed by atoms with Gasteiger partial charge < -0.3 is 59.4 Å². The van der Waals surface area contributed by atoms with E-state index in [1.165, 1.54) is 6.26 Å². The van der Waals surface area contributed by atoms with Gasteiger partial charge in [-0.15, -0.1) is 0 Å². The number of fused-ring (bicyclic) bond motifs is 1. The molecule has 194 valence electrons. The summed E-state index contributed by atoms with van der Waals surface area (Å²) in [5.41, 5.74) is 0.563. The third-order valence-corrected chi connectivity index (χ3v) is 7.20. The summed E-state index contributed by atoms with van der Waals surface area (Å²) in [7, 11) is 0. The highest BCUT2D eigenvalue weighted by atomic mass is 16.8. The molecule has 1 aliphatic carbocycles. The lowest BCUT2D eigenvalue weighted by Crippen LogP contribution is -2.60. The molecular weight excluding hydrogens is 456 g/mol. The molecule has 0 aromatic rings. The number of aliphatic hydroxyl groups is 7. The number of hydrogen-bond acceptors (Lipinski definition) is 12. The third-order valence-electron chi connectivity index (χ3n) is 7.20. The van der Waals surface area contributed by atoms with Crippen LogP contribution in [-0.2, 0) is 23.7 Å². The van der Waals surface area contributed by atoms with E-state index in [4.69, 9.17) is 23.7 Å². The fourth-order valence-corrected chi connectivity index (χ4v) is 4.81. The molecule has 4 rings (SSSR count). The average Bonchev–Trinajstić information content (AvgIpc) is 3.22. The Balaban J connectivity index is 1.42. The molecule has 0 radical (unpaired) electrons. The minimum atomic E-state index is -1.60. The van der Waals surface area contributed by atoms with E-state index in [1.54, 1.807) is 26.0 Å². The lowest BCUT2D eigenvalue weighted by Gasteiger charge is -2.43. The Morgan fingerprint density at radius 3 is 2.24 bits per heavy atom. The monoisotopic (exact) mass is 490 g/mol. The molecular formula is C22H34O12. The molecule has 4 aliphatic rings. The normalized spacial score (nSPS) is 51.0. The molecule has 3 aliphatic heterocycles. The molecule has 34 heavy (non-hydrogen) atoms. The van der Waals surface area contributed by atoms with E-state index in [0.717, 1.165) is 0 Å². The molecule has 0 spiro atoms. The fraction of sp³-hybridized carbons (Fsp3) is 0.818. The smallest absolute Gasteiger partial charge is 0.208 e. The van der Waals surface area contributed by atoms with Gasteiger partial charge in [-0.05, 0) is 12.5 Å². The largest absolute Gasteiger partial charge is 0.472 e. The van der Waals surface area contributed by atoms with Crippen molar-refractivity contribution in [2.24, 2.45) is 17.8 Å². The Kier molecular flexibility index (Phi) is 7.96. The maximum Gasteiger partial charge on any atom is 0.208 e. The second-order valence-corrected chi connectivity index (χ2v) is 9.37. The molecule has 14 atom stereocenters. The molecule has 0 aromatic carbocycles. The summed E-state index contributed by atoms with van der Waals surface area (Å²) in [6.45, 7) is 2.90. The second-order valence-electron chi connectivity index (χ2n) is 9.37. The zero-order valence-electron chi connectivity index (χ0n) is 18.9. The van der Waals surface area contributed by atoms with Crippen LogP contribution in [0.4, 0.5) is 0 Å². The van der Waals surface area contributed by atoms with Gasteiger partial charge in [0.15, 0.2) is 12.6 Å². The van der Waals surface area contributed by atoms with Crippen molar-refractivity contribution in [3.8, 4) is 0 Å². The zero-order chi connectivity index (χ0) is 24.7. The van der Waals surface area contributed by atoms with Gasteiger partial charge in [-0.1, -0.05) is 19.1 Å². The highest BCUT2D eigenvalue weighted by Crippen LogP contribution is 2.41. The first-order chi connectivity index (χ1) is 16.1. The Hall–Kier alpha value is -1.16. The molecule has 7 N–H and O–H groups in total. The molecule has 3 heterocycles. The van der Waals surface area contributed by atoms with Gasteiger partial charge in [0.1, 0.15) is 30.5 Å². The van der Waals surface area contributed by atoms with Gasteiger partial charge in [-0.3, -0.25) is 0 Å². The van der Waals surface area contributed by atoms with Crippen LogP contribution in [0.1, 0.15) is 13.8 Å². The first-order valence-electron chi connectivity index (χ1n) is 11.4. The van der Waals surface area contributed by atoms with Crippen LogP contribution in [0.15, 0.2) is 24.0 Å². The Labute approximate surface area is 196 Å². The van der Waals surface area contributed by atoms with Gasteiger partial charge >= 0.3 is 0 Å². The highest BCUT2D eigenvalue weighted by molar-refractivity contribution is 5.23. The first kappa shape index (κ1) is 25.9. The van der Waals surface area contributed by atoms with Gasteiger partial charge in [0.25, 0.3) is 0 Å². The van der Waals surface area contributed by atoms with E-state index in [2.05, 4.69) is 0 Å². The van der Waals surface area contributed by atoms with Crippen LogP contribution in [0.3, 0.4) is 0 Å². The average molecular weight is 491 g/mol. The lowest BCUT2D eigenvalue weighted by atomic mass is 9.85. The fourth-order valence-electron chi connectivity index (χ4n) is 4.81. The summed E-state index contributed by atoms with van der Waals surface area (Å²) < 4.78 is 28.2. The van der Waals surface area contributed by atoms with Gasteiger partial charge in [0, 0.05) is 17.8 Å². The maximum absolute atomic E-state index is 10.5. The Bertz CT molecular complexity index is 758. The number of aliphatic hydroxyl groups excluding tert-OH is 7. The molecule has 0 amide bonds. The van der Waals surface area contributed by atoms with Crippen molar-refractivity contribution >= 4 is 0 Å². The Morgan fingerprint density at radius 2 is 1.53 bits per heavy atom. The van der Waals surface area contributed by atoms with Crippen LogP contribution in [-0.4, -0.2) is 117 Å². The van der Waals surface area contributed by atoms with Crippen molar-refractivity contribution in [2.75, 3.05) is 13.2 Å². The number of hydrogen-bond donors (Lipinski definition) is 7. The molecule has 2 saturated heterocycles. The van der Waals surface area contributed by atoms with Crippen LogP contribution in [0, 0.1) is 17.8 Å². The summed E-state index contributed by atoms with van der Waals surface area (Å²) in [6, 6.07) is 0. The van der Waals surface area contributed by atoms with Crippen LogP contribution < -0.4 is 0 Å². The van der Waals surface area contributed by atoms with Gasteiger partial charge in [0.05, 0.1) is 37.8 Å². The predicted molar refractivity (Wildman–Crippen MR) is 111 cm³/mol. The van der Waals surface area contributed by atoms with Crippen molar-refractivity contribution < 1.29 is 59.4 Å². The number of rotatable bonds is 6. The van der Waals surface area contributed by atoms with Crippen molar-refractivity contribution in [1.29, 1.82) is 0 Å². The maximum atomic E-state index is 10.5. The molecule has 0 aromatic heterocycles. The van der Waals surface area contributed by atoms with Crippen LogP contribution in [0.5, 0.6) is 0 Å². The van der Waals surface area contributed by atoms with E-state index >= 15 is 0 Å². The van der Waals surface area contributed by atoms with E-state index in [0.29, 0.717) is 5.57 Å². The summed E-state index contributed by atoms with van der Waals surface area (Å²) in [5, 5.41) is 70.6. The van der Waals surface area contributed by atoms with Crippen LogP contribution in [0.25, 0.3) is 0 Å². The zero-order valence-corrected chi connectivity index (χ0v) is 18.9. The standard InChI is InChI=1S/C22H34O12/c1-8-9(2)32-21(18(28)15(8)25)31-7-10-6-30-20(11-3-4-12(24)14(10)11)34-22-19(29)17(27)16(26)13(5-23)33-22/h3-4,6,8-9,11-29H,5,7H2,1-2H3. The summed E-state index contributed by atoms with van der Waals surface area (Å²) in [5.74, 6) is -1.28.